The van der Waals surface area contributed by atoms with Crippen molar-refractivity contribution < 1.29 is 13.2 Å². The Labute approximate surface area is 91.5 Å². The van der Waals surface area contributed by atoms with Crippen molar-refractivity contribution in [2.24, 2.45) is 0 Å². The first-order valence-electron chi connectivity index (χ1n) is 5.05. The highest BCUT2D eigenvalue weighted by atomic mass is 32.2. The summed E-state index contributed by atoms with van der Waals surface area (Å²) in [5.74, 6) is 0.114. The molecule has 90 valence electrons. The molecule has 0 rings (SSSR count). The second kappa shape index (κ2) is 7.64. The molecule has 0 aromatic heterocycles. The van der Waals surface area contributed by atoms with E-state index >= 15 is 0 Å². The molecule has 0 aromatic rings. The van der Waals surface area contributed by atoms with E-state index in [1.807, 2.05) is 7.05 Å². The van der Waals surface area contributed by atoms with E-state index in [1.165, 1.54) is 6.26 Å². The third-order valence-corrected chi connectivity index (χ3v) is 2.87. The highest BCUT2D eigenvalue weighted by Crippen LogP contribution is 1.89. The van der Waals surface area contributed by atoms with E-state index in [0.717, 1.165) is 13.0 Å². The zero-order valence-corrected chi connectivity index (χ0v) is 10.2. The van der Waals surface area contributed by atoms with E-state index < -0.39 is 9.84 Å². The van der Waals surface area contributed by atoms with Crippen LogP contribution in [0.5, 0.6) is 0 Å². The molecule has 1 amide bonds. The van der Waals surface area contributed by atoms with Crippen LogP contribution in [0.1, 0.15) is 19.3 Å². The Morgan fingerprint density at radius 3 is 2.40 bits per heavy atom. The average molecular weight is 236 g/mol. The predicted octanol–water partition coefficient (Wildman–Crippen LogP) is -0.463. The first kappa shape index (κ1) is 14.4. The first-order valence-corrected chi connectivity index (χ1v) is 7.11. The number of rotatable bonds is 8. The molecule has 0 saturated carbocycles. The lowest BCUT2D eigenvalue weighted by molar-refractivity contribution is -0.121. The fraction of sp³-hybridized carbons (Fsp3) is 0.889. The summed E-state index contributed by atoms with van der Waals surface area (Å²) in [6, 6.07) is 0. The minimum Gasteiger partial charge on any atom is -0.356 e. The van der Waals surface area contributed by atoms with Crippen molar-refractivity contribution in [3.63, 3.8) is 0 Å². The molecule has 0 aliphatic rings. The summed E-state index contributed by atoms with van der Waals surface area (Å²) in [7, 11) is -1.07. The molecule has 6 heteroatoms. The highest BCUT2D eigenvalue weighted by Gasteiger charge is 2.03. The molecule has 0 unspecified atom stereocenters. The van der Waals surface area contributed by atoms with Crippen molar-refractivity contribution in [1.82, 2.24) is 10.6 Å². The third kappa shape index (κ3) is 11.3. The minimum atomic E-state index is -2.90. The molecule has 5 nitrogen and oxygen atoms in total. The molecule has 0 aliphatic carbocycles. The maximum atomic E-state index is 11.2. The van der Waals surface area contributed by atoms with Crippen LogP contribution in [0.4, 0.5) is 0 Å². The molecular weight excluding hydrogens is 216 g/mol. The molecule has 0 aromatic carbocycles. The monoisotopic (exact) mass is 236 g/mol. The zero-order chi connectivity index (χ0) is 11.7. The van der Waals surface area contributed by atoms with Crippen LogP contribution in [0, 0.1) is 0 Å². The van der Waals surface area contributed by atoms with Crippen molar-refractivity contribution >= 4 is 15.7 Å². The molecule has 0 atom stereocenters. The van der Waals surface area contributed by atoms with Crippen molar-refractivity contribution in [3.05, 3.63) is 0 Å². The Bertz CT molecular complexity index is 275. The van der Waals surface area contributed by atoms with E-state index in [4.69, 9.17) is 0 Å². The summed E-state index contributed by atoms with van der Waals surface area (Å²) in [6.45, 7) is 1.25. The van der Waals surface area contributed by atoms with Crippen molar-refractivity contribution in [2.75, 3.05) is 32.1 Å². The SMILES string of the molecule is CNCCCC(=O)NCCCS(C)(=O)=O. The molecule has 0 fully saturated rings. The van der Waals surface area contributed by atoms with Crippen LogP contribution in [0.25, 0.3) is 0 Å². The van der Waals surface area contributed by atoms with Crippen LogP contribution >= 0.6 is 0 Å². The van der Waals surface area contributed by atoms with E-state index in [9.17, 15) is 13.2 Å². The molecule has 0 spiro atoms. The Hall–Kier alpha value is -0.620. The minimum absolute atomic E-state index is 0.0150. The van der Waals surface area contributed by atoms with Gasteiger partial charge in [0.2, 0.25) is 5.91 Å². The molecule has 0 bridgehead atoms. The van der Waals surface area contributed by atoms with E-state index in [0.29, 0.717) is 19.4 Å². The number of carbonyl (C=O) groups is 1. The van der Waals surface area contributed by atoms with Gasteiger partial charge in [0.25, 0.3) is 0 Å². The second-order valence-electron chi connectivity index (χ2n) is 3.54. The van der Waals surface area contributed by atoms with Crippen molar-refractivity contribution in [1.29, 1.82) is 0 Å². The summed E-state index contributed by atoms with van der Waals surface area (Å²) in [5, 5.41) is 5.63. The molecule has 15 heavy (non-hydrogen) atoms. The maximum Gasteiger partial charge on any atom is 0.220 e. The fourth-order valence-electron chi connectivity index (χ4n) is 1.08. The van der Waals surface area contributed by atoms with Crippen LogP contribution in [0.2, 0.25) is 0 Å². The van der Waals surface area contributed by atoms with Gasteiger partial charge in [0, 0.05) is 19.2 Å². The van der Waals surface area contributed by atoms with Crippen LogP contribution in [-0.4, -0.2) is 46.5 Å². The Morgan fingerprint density at radius 1 is 1.20 bits per heavy atom. The quantitative estimate of drug-likeness (QED) is 0.559. The van der Waals surface area contributed by atoms with Gasteiger partial charge in [0.15, 0.2) is 0 Å². The summed E-state index contributed by atoms with van der Waals surface area (Å²) >= 11 is 0. The number of carbonyl (C=O) groups excluding carboxylic acids is 1. The number of hydrogen-bond donors (Lipinski definition) is 2. The van der Waals surface area contributed by atoms with Gasteiger partial charge in [-0.05, 0) is 26.4 Å². The lowest BCUT2D eigenvalue weighted by Crippen LogP contribution is -2.26. The Morgan fingerprint density at radius 2 is 1.87 bits per heavy atom. The fourth-order valence-corrected chi connectivity index (χ4v) is 1.74. The third-order valence-electron chi connectivity index (χ3n) is 1.84. The smallest absolute Gasteiger partial charge is 0.220 e. The molecule has 0 saturated heterocycles. The summed E-state index contributed by atoms with van der Waals surface area (Å²) in [5.41, 5.74) is 0. The normalized spacial score (nSPS) is 11.3. The summed E-state index contributed by atoms with van der Waals surface area (Å²) in [6.07, 6.45) is 2.96. The van der Waals surface area contributed by atoms with Gasteiger partial charge < -0.3 is 10.6 Å². The van der Waals surface area contributed by atoms with Gasteiger partial charge in [-0.25, -0.2) is 8.42 Å². The maximum absolute atomic E-state index is 11.2. The zero-order valence-electron chi connectivity index (χ0n) is 9.38. The number of sulfone groups is 1. The van der Waals surface area contributed by atoms with Crippen LogP contribution < -0.4 is 10.6 Å². The molecular formula is C9H20N2O3S. The van der Waals surface area contributed by atoms with Crippen molar-refractivity contribution in [2.45, 2.75) is 19.3 Å². The van der Waals surface area contributed by atoms with Crippen LogP contribution in [0.3, 0.4) is 0 Å². The van der Waals surface area contributed by atoms with E-state index in [2.05, 4.69) is 10.6 Å². The second-order valence-corrected chi connectivity index (χ2v) is 5.80. The standard InChI is InChI=1S/C9H20N2O3S/c1-10-6-3-5-9(12)11-7-4-8-15(2,13)14/h10H,3-8H2,1-2H3,(H,11,12). The summed E-state index contributed by atoms with van der Waals surface area (Å²) in [4.78, 5) is 11.2. The van der Waals surface area contributed by atoms with Gasteiger partial charge in [-0.2, -0.15) is 0 Å². The van der Waals surface area contributed by atoms with Gasteiger partial charge in [-0.15, -0.1) is 0 Å². The number of hydrogen-bond acceptors (Lipinski definition) is 4. The number of nitrogens with one attached hydrogen (secondary N) is 2. The molecule has 0 heterocycles. The van der Waals surface area contributed by atoms with E-state index in [1.54, 1.807) is 0 Å². The van der Waals surface area contributed by atoms with Gasteiger partial charge in [0.1, 0.15) is 9.84 Å². The van der Waals surface area contributed by atoms with Gasteiger partial charge in [-0.1, -0.05) is 0 Å². The highest BCUT2D eigenvalue weighted by molar-refractivity contribution is 7.90. The van der Waals surface area contributed by atoms with Crippen molar-refractivity contribution in [3.8, 4) is 0 Å². The molecule has 0 aliphatic heterocycles. The van der Waals surface area contributed by atoms with Gasteiger partial charge >= 0.3 is 0 Å². The summed E-state index contributed by atoms with van der Waals surface area (Å²) < 4.78 is 21.5. The largest absolute Gasteiger partial charge is 0.356 e. The topological polar surface area (TPSA) is 75.3 Å². The lowest BCUT2D eigenvalue weighted by Gasteiger charge is -2.04. The van der Waals surface area contributed by atoms with Crippen LogP contribution in [0.15, 0.2) is 0 Å². The van der Waals surface area contributed by atoms with Crippen LogP contribution in [-0.2, 0) is 14.6 Å². The lowest BCUT2D eigenvalue weighted by atomic mass is 10.3. The Kier molecular flexibility index (Phi) is 7.33. The first-order chi connectivity index (χ1) is 6.95. The molecule has 0 radical (unpaired) electrons. The number of amides is 1. The molecule has 2 N–H and O–H groups in total. The van der Waals surface area contributed by atoms with Gasteiger partial charge in [0.05, 0.1) is 5.75 Å². The van der Waals surface area contributed by atoms with E-state index in [-0.39, 0.29) is 11.7 Å². The van der Waals surface area contributed by atoms with Gasteiger partial charge in [-0.3, -0.25) is 4.79 Å². The Balaban J connectivity index is 3.39. The average Bonchev–Trinajstić information content (AvgIpc) is 2.11. The predicted molar refractivity (Wildman–Crippen MR) is 60.5 cm³/mol.